The van der Waals surface area contributed by atoms with Gasteiger partial charge in [-0.15, -0.1) is 6.58 Å². The van der Waals surface area contributed by atoms with Gasteiger partial charge in [0.2, 0.25) is 0 Å². The minimum absolute atomic E-state index is 0.0736. The highest BCUT2D eigenvalue weighted by Gasteiger charge is 2.43. The summed E-state index contributed by atoms with van der Waals surface area (Å²) in [6.45, 7) is 12.3. The third-order valence-corrected chi connectivity index (χ3v) is 5.96. The van der Waals surface area contributed by atoms with E-state index in [0.29, 0.717) is 5.56 Å². The average Bonchev–Trinajstić information content (AvgIpc) is 2.59. The van der Waals surface area contributed by atoms with Gasteiger partial charge in [-0.2, -0.15) is 5.26 Å². The molecular formula is C21H25N3O2. The number of aromatic hydroxyl groups is 1. The molecular weight excluding hydrogens is 326 g/mol. The number of amides is 1. The zero-order chi connectivity index (χ0) is 19.3. The Bertz CT molecular complexity index is 876. The van der Waals surface area contributed by atoms with Crippen LogP contribution in [0.25, 0.3) is 6.08 Å². The first kappa shape index (κ1) is 18.1. The van der Waals surface area contributed by atoms with Gasteiger partial charge in [0.15, 0.2) is 0 Å². The Morgan fingerprint density at radius 2 is 2.04 bits per heavy atom. The maximum atomic E-state index is 11.5. The van der Waals surface area contributed by atoms with Crippen LogP contribution in [0.5, 0.6) is 5.75 Å². The predicted molar refractivity (Wildman–Crippen MR) is 103 cm³/mol. The Morgan fingerprint density at radius 1 is 1.38 bits per heavy atom. The van der Waals surface area contributed by atoms with Gasteiger partial charge in [-0.05, 0) is 36.0 Å². The summed E-state index contributed by atoms with van der Waals surface area (Å²) in [4.78, 5) is 13.8. The maximum absolute atomic E-state index is 11.5. The molecule has 3 rings (SSSR count). The lowest BCUT2D eigenvalue weighted by molar-refractivity contribution is -0.114. The largest absolute Gasteiger partial charge is 0.507 e. The monoisotopic (exact) mass is 351 g/mol. The fourth-order valence-electron chi connectivity index (χ4n) is 4.07. The number of carbonyl (C=O) groups excluding carboxylic acids is 1. The maximum Gasteiger partial charge on any atom is 0.259 e. The number of nitrogens with zero attached hydrogens (tertiary/aromatic N) is 2. The Balaban J connectivity index is 2.39. The summed E-state index contributed by atoms with van der Waals surface area (Å²) in [5.74, 6) is -0.701. The number of nitriles is 1. The van der Waals surface area contributed by atoms with Gasteiger partial charge in [0, 0.05) is 35.3 Å². The number of allylic oxidation sites excluding steroid dienone is 1. The van der Waals surface area contributed by atoms with Gasteiger partial charge >= 0.3 is 0 Å². The van der Waals surface area contributed by atoms with E-state index in [2.05, 4.69) is 32.3 Å². The number of phenols is 1. The lowest BCUT2D eigenvalue weighted by Gasteiger charge is -2.48. The second-order valence-corrected chi connectivity index (χ2v) is 8.11. The Morgan fingerprint density at radius 3 is 2.62 bits per heavy atom. The first-order valence-corrected chi connectivity index (χ1v) is 8.85. The summed E-state index contributed by atoms with van der Waals surface area (Å²) in [7, 11) is 0. The van der Waals surface area contributed by atoms with Crippen LogP contribution < -0.4 is 10.6 Å². The predicted octanol–water partition coefficient (Wildman–Crippen LogP) is 3.12. The minimum atomic E-state index is -0.800. The summed E-state index contributed by atoms with van der Waals surface area (Å²) in [5, 5.41) is 20.3. The number of benzene rings is 1. The molecule has 0 fully saturated rings. The topological polar surface area (TPSA) is 90.4 Å². The van der Waals surface area contributed by atoms with Crippen molar-refractivity contribution < 1.29 is 9.90 Å². The molecule has 0 bridgehead atoms. The fraction of sp³-hybridized carbons (Fsp3) is 0.429. The van der Waals surface area contributed by atoms with Crippen molar-refractivity contribution in [2.45, 2.75) is 44.4 Å². The number of anilines is 1. The van der Waals surface area contributed by atoms with Crippen LogP contribution >= 0.6 is 0 Å². The van der Waals surface area contributed by atoms with E-state index in [9.17, 15) is 15.2 Å². The normalized spacial score (nSPS) is 23.8. The highest BCUT2D eigenvalue weighted by atomic mass is 16.3. The molecule has 136 valence electrons. The number of primary amides is 1. The van der Waals surface area contributed by atoms with Crippen LogP contribution in [-0.2, 0) is 15.6 Å². The third kappa shape index (κ3) is 2.57. The SMILES string of the molecule is C=CC1(C)CCN2CCC(C)(C)c3cc(/C=C(\C#N)C(N)=O)c(O)c1c32. The Labute approximate surface area is 154 Å². The lowest BCUT2D eigenvalue weighted by atomic mass is 9.68. The average molecular weight is 351 g/mol. The van der Waals surface area contributed by atoms with E-state index in [1.54, 1.807) is 0 Å². The second-order valence-electron chi connectivity index (χ2n) is 8.11. The Kier molecular flexibility index (Phi) is 4.11. The summed E-state index contributed by atoms with van der Waals surface area (Å²) in [6, 6.07) is 3.72. The number of phenolic OH excluding ortho intramolecular Hbond substituents is 1. The van der Waals surface area contributed by atoms with Crippen molar-refractivity contribution in [1.82, 2.24) is 0 Å². The van der Waals surface area contributed by atoms with Gasteiger partial charge in [0.1, 0.15) is 17.4 Å². The van der Waals surface area contributed by atoms with Crippen molar-refractivity contribution in [3.05, 3.63) is 41.0 Å². The van der Waals surface area contributed by atoms with Gasteiger partial charge < -0.3 is 15.7 Å². The van der Waals surface area contributed by atoms with E-state index in [1.807, 2.05) is 18.2 Å². The Hall–Kier alpha value is -2.74. The van der Waals surface area contributed by atoms with E-state index in [0.717, 1.165) is 42.7 Å². The lowest BCUT2D eigenvalue weighted by Crippen LogP contribution is -2.45. The number of rotatable bonds is 3. The van der Waals surface area contributed by atoms with Crippen LogP contribution in [0, 0.1) is 11.3 Å². The first-order valence-electron chi connectivity index (χ1n) is 8.85. The summed E-state index contributed by atoms with van der Waals surface area (Å²) in [6.07, 6.45) is 5.12. The third-order valence-electron chi connectivity index (χ3n) is 5.96. The van der Waals surface area contributed by atoms with Crippen molar-refractivity contribution >= 4 is 17.7 Å². The van der Waals surface area contributed by atoms with Crippen molar-refractivity contribution in [2.24, 2.45) is 5.73 Å². The van der Waals surface area contributed by atoms with Crippen LogP contribution in [-0.4, -0.2) is 24.1 Å². The van der Waals surface area contributed by atoms with Gasteiger partial charge in [0.05, 0.1) is 0 Å². The van der Waals surface area contributed by atoms with Gasteiger partial charge in [-0.25, -0.2) is 0 Å². The summed E-state index contributed by atoms with van der Waals surface area (Å²) < 4.78 is 0. The standard InChI is InChI=1S/C21H25N3O2/c1-5-21(4)7-9-24-8-6-20(2,3)15-11-13(10-14(12-22)19(23)26)18(25)16(21)17(15)24/h5,10-11,25H,1,6-9H2,2-4H3,(H2,23,26)/b14-10+. The van der Waals surface area contributed by atoms with Crippen LogP contribution in [0.4, 0.5) is 5.69 Å². The van der Waals surface area contributed by atoms with E-state index < -0.39 is 5.91 Å². The first-order chi connectivity index (χ1) is 12.1. The molecule has 1 amide bonds. The van der Waals surface area contributed by atoms with Crippen molar-refractivity contribution in [1.29, 1.82) is 5.26 Å². The quantitative estimate of drug-likeness (QED) is 0.497. The molecule has 0 aromatic heterocycles. The van der Waals surface area contributed by atoms with E-state index in [4.69, 9.17) is 5.73 Å². The zero-order valence-corrected chi connectivity index (χ0v) is 15.6. The smallest absolute Gasteiger partial charge is 0.259 e. The molecule has 0 saturated heterocycles. The van der Waals surface area contributed by atoms with Crippen molar-refractivity contribution in [3.8, 4) is 11.8 Å². The molecule has 1 aromatic rings. The van der Waals surface area contributed by atoms with Gasteiger partial charge in [0.25, 0.3) is 5.91 Å². The summed E-state index contributed by atoms with van der Waals surface area (Å²) >= 11 is 0. The van der Waals surface area contributed by atoms with Crippen LogP contribution in [0.15, 0.2) is 24.3 Å². The number of hydrogen-bond acceptors (Lipinski definition) is 4. The molecule has 0 aliphatic carbocycles. The molecule has 5 heteroatoms. The molecule has 2 aliphatic rings. The van der Waals surface area contributed by atoms with Crippen molar-refractivity contribution in [2.75, 3.05) is 18.0 Å². The molecule has 0 spiro atoms. The zero-order valence-electron chi connectivity index (χ0n) is 15.6. The number of hydrogen-bond donors (Lipinski definition) is 2. The van der Waals surface area contributed by atoms with Crippen LogP contribution in [0.3, 0.4) is 0 Å². The molecule has 26 heavy (non-hydrogen) atoms. The van der Waals surface area contributed by atoms with E-state index in [-0.39, 0.29) is 22.2 Å². The molecule has 2 aliphatic heterocycles. The molecule has 5 nitrogen and oxygen atoms in total. The summed E-state index contributed by atoms with van der Waals surface area (Å²) in [5.41, 5.74) is 8.15. The van der Waals surface area contributed by atoms with Crippen molar-refractivity contribution in [3.63, 3.8) is 0 Å². The second kappa shape index (κ2) is 5.91. The molecule has 1 unspecified atom stereocenters. The molecule has 1 aromatic carbocycles. The highest BCUT2D eigenvalue weighted by Crippen LogP contribution is 2.53. The number of carbonyl (C=O) groups is 1. The molecule has 3 N–H and O–H groups in total. The minimum Gasteiger partial charge on any atom is -0.507 e. The van der Waals surface area contributed by atoms with E-state index in [1.165, 1.54) is 6.08 Å². The van der Waals surface area contributed by atoms with Crippen LogP contribution in [0.2, 0.25) is 0 Å². The van der Waals surface area contributed by atoms with Crippen LogP contribution in [0.1, 0.15) is 50.3 Å². The molecule has 0 radical (unpaired) electrons. The molecule has 1 atom stereocenters. The molecule has 2 heterocycles. The molecule has 0 saturated carbocycles. The van der Waals surface area contributed by atoms with Gasteiger partial charge in [-0.1, -0.05) is 26.8 Å². The van der Waals surface area contributed by atoms with E-state index >= 15 is 0 Å². The highest BCUT2D eigenvalue weighted by molar-refractivity contribution is 6.01. The van der Waals surface area contributed by atoms with Gasteiger partial charge in [-0.3, -0.25) is 4.79 Å². The number of nitrogens with two attached hydrogens (primary N) is 1. The fourth-order valence-corrected chi connectivity index (χ4v) is 4.07.